The summed E-state index contributed by atoms with van der Waals surface area (Å²) in [6.07, 6.45) is 5.14. The number of aromatic nitrogens is 1. The van der Waals surface area contributed by atoms with Crippen molar-refractivity contribution in [3.8, 4) is 5.75 Å². The van der Waals surface area contributed by atoms with Crippen LogP contribution in [-0.4, -0.2) is 95.4 Å². The van der Waals surface area contributed by atoms with Gasteiger partial charge in [0.1, 0.15) is 23.5 Å². The number of ether oxygens (including phenoxy) is 1. The Bertz CT molecular complexity index is 1720. The molecule has 0 bridgehead atoms. The highest BCUT2D eigenvalue weighted by Crippen LogP contribution is 2.65. The lowest BCUT2D eigenvalue weighted by atomic mass is 9.83. The molecule has 2 aliphatic carbocycles. The molecule has 0 radical (unpaired) electrons. The standard InChI is InChI=1S/C34H47N5O9S/c1-34(2)21-17-39(28(26(21)34)31(42)37-24(33(44)49(45,46)47)15-19-11-8-14-35-29(19)40)32(43)27(18-9-5-4-6-10-18)38-30(41)23-16-20-22(36-23)12-7-13-25(20)48-3/h7,12-13,16,18-19,21,24,26-28,33,36,44H,4-6,8-11,14-15,17H2,1-3H3,(H,35,40)(H,37,42)(H,38,41)(H,45,46,47)/t19-,21-,24-,26-,27-,28-,33?/m0/s1. The number of nitrogens with zero attached hydrogens (tertiary/aromatic N) is 1. The summed E-state index contributed by atoms with van der Waals surface area (Å²) < 4.78 is 39.3. The van der Waals surface area contributed by atoms with Gasteiger partial charge in [-0.3, -0.25) is 23.7 Å². The van der Waals surface area contributed by atoms with Gasteiger partial charge in [-0.2, -0.15) is 8.42 Å². The molecule has 49 heavy (non-hydrogen) atoms. The summed E-state index contributed by atoms with van der Waals surface area (Å²) >= 11 is 0. The monoisotopic (exact) mass is 701 g/mol. The molecule has 7 atom stereocenters. The maximum atomic E-state index is 14.6. The van der Waals surface area contributed by atoms with Gasteiger partial charge in [-0.25, -0.2) is 0 Å². The van der Waals surface area contributed by atoms with Crippen molar-refractivity contribution in [3.05, 3.63) is 30.0 Å². The molecule has 1 aromatic heterocycles. The Morgan fingerprint density at radius 3 is 2.51 bits per heavy atom. The molecule has 14 nitrogen and oxygen atoms in total. The third-order valence-electron chi connectivity index (χ3n) is 11.4. The lowest BCUT2D eigenvalue weighted by Gasteiger charge is -2.37. The van der Waals surface area contributed by atoms with Crippen molar-refractivity contribution in [1.29, 1.82) is 0 Å². The van der Waals surface area contributed by atoms with Gasteiger partial charge in [-0.1, -0.05) is 39.2 Å². The van der Waals surface area contributed by atoms with E-state index in [1.54, 1.807) is 19.2 Å². The van der Waals surface area contributed by atoms with Crippen LogP contribution in [0.3, 0.4) is 0 Å². The van der Waals surface area contributed by atoms with Crippen molar-refractivity contribution in [3.63, 3.8) is 0 Å². The Morgan fingerprint density at radius 1 is 1.10 bits per heavy atom. The van der Waals surface area contributed by atoms with Gasteiger partial charge >= 0.3 is 0 Å². The quantitative estimate of drug-likeness (QED) is 0.189. The minimum Gasteiger partial charge on any atom is -0.496 e. The van der Waals surface area contributed by atoms with E-state index in [1.807, 2.05) is 26.0 Å². The van der Waals surface area contributed by atoms with Crippen LogP contribution in [0.15, 0.2) is 24.3 Å². The van der Waals surface area contributed by atoms with E-state index < -0.39 is 57.3 Å². The highest BCUT2D eigenvalue weighted by Gasteiger charge is 2.69. The smallest absolute Gasteiger partial charge is 0.294 e. The molecule has 6 rings (SSSR count). The van der Waals surface area contributed by atoms with E-state index in [-0.39, 0.29) is 47.7 Å². The molecule has 3 heterocycles. The number of H-pyrrole nitrogens is 1. The SMILES string of the molecule is COc1cccc2[nH]c(C(=O)N[C@H](C(=O)N3C[C@H]4[C@@H]([C@H]3C(=O)N[C@@H](C[C@@H]3CCCNC3=O)C(O)S(=O)(=O)O)C4(C)C)C3CCCCC3)cc12. The van der Waals surface area contributed by atoms with Crippen LogP contribution in [0.4, 0.5) is 0 Å². The Morgan fingerprint density at radius 2 is 1.84 bits per heavy atom. The van der Waals surface area contributed by atoms with Crippen LogP contribution in [0.2, 0.25) is 0 Å². The second-order valence-corrected chi connectivity index (χ2v) is 16.2. The molecule has 268 valence electrons. The van der Waals surface area contributed by atoms with E-state index in [4.69, 9.17) is 4.74 Å². The van der Waals surface area contributed by atoms with Gasteiger partial charge in [0.2, 0.25) is 23.2 Å². The van der Waals surface area contributed by atoms with Crippen molar-refractivity contribution in [2.24, 2.45) is 29.1 Å². The van der Waals surface area contributed by atoms with Gasteiger partial charge in [0.15, 0.2) is 0 Å². The molecule has 1 unspecified atom stereocenters. The first-order chi connectivity index (χ1) is 23.2. The highest BCUT2D eigenvalue weighted by molar-refractivity contribution is 7.86. The molecule has 2 aliphatic heterocycles. The largest absolute Gasteiger partial charge is 0.496 e. The van der Waals surface area contributed by atoms with Gasteiger partial charge in [0.05, 0.1) is 13.2 Å². The van der Waals surface area contributed by atoms with Crippen LogP contribution in [0, 0.1) is 29.1 Å². The average molecular weight is 702 g/mol. The number of hydrogen-bond donors (Lipinski definition) is 6. The van der Waals surface area contributed by atoms with E-state index in [2.05, 4.69) is 20.9 Å². The third-order valence-corrected chi connectivity index (χ3v) is 12.4. The molecule has 1 aromatic carbocycles. The predicted octanol–water partition coefficient (Wildman–Crippen LogP) is 1.95. The third kappa shape index (κ3) is 6.89. The number of rotatable bonds is 11. The molecule has 6 N–H and O–H groups in total. The summed E-state index contributed by atoms with van der Waals surface area (Å²) in [4.78, 5) is 59.6. The minimum atomic E-state index is -5.01. The van der Waals surface area contributed by atoms with Crippen LogP contribution < -0.4 is 20.7 Å². The van der Waals surface area contributed by atoms with Crippen LogP contribution in [0.1, 0.15) is 75.7 Å². The number of carbonyl (C=O) groups excluding carboxylic acids is 4. The molecule has 4 aliphatic rings. The zero-order valence-corrected chi connectivity index (χ0v) is 28.9. The number of piperidine rings is 2. The number of amides is 4. The van der Waals surface area contributed by atoms with Crippen molar-refractivity contribution in [2.75, 3.05) is 20.2 Å². The van der Waals surface area contributed by atoms with Crippen LogP contribution in [-0.2, 0) is 24.5 Å². The number of methoxy groups -OCH3 is 1. The number of aliphatic hydroxyl groups excluding tert-OH is 1. The first-order valence-corrected chi connectivity index (χ1v) is 18.7. The van der Waals surface area contributed by atoms with Gasteiger partial charge < -0.3 is 35.7 Å². The summed E-state index contributed by atoms with van der Waals surface area (Å²) in [5, 5.41) is 19.7. The number of hydrogen-bond acceptors (Lipinski definition) is 8. The van der Waals surface area contributed by atoms with E-state index >= 15 is 0 Å². The second kappa shape index (κ2) is 13.6. The molecule has 4 amide bonds. The van der Waals surface area contributed by atoms with Gasteiger partial charge in [-0.05, 0) is 73.5 Å². The van der Waals surface area contributed by atoms with E-state index in [9.17, 15) is 37.3 Å². The fourth-order valence-electron chi connectivity index (χ4n) is 8.58. The number of benzene rings is 1. The minimum absolute atomic E-state index is 0.00912. The first kappa shape index (κ1) is 35.1. The molecule has 15 heteroatoms. The average Bonchev–Trinajstić information content (AvgIpc) is 3.44. The summed E-state index contributed by atoms with van der Waals surface area (Å²) in [5.41, 5.74) is -1.69. The molecular formula is C34H47N5O9S. The Hall–Kier alpha value is -3.69. The van der Waals surface area contributed by atoms with Gasteiger partial charge in [0, 0.05) is 29.9 Å². The van der Waals surface area contributed by atoms with Crippen LogP contribution in [0.5, 0.6) is 5.75 Å². The van der Waals surface area contributed by atoms with Crippen molar-refractivity contribution < 1.29 is 42.0 Å². The second-order valence-electron chi connectivity index (χ2n) is 14.7. The molecular weight excluding hydrogens is 654 g/mol. The predicted molar refractivity (Wildman–Crippen MR) is 179 cm³/mol. The highest BCUT2D eigenvalue weighted by atomic mass is 32.2. The first-order valence-electron chi connectivity index (χ1n) is 17.2. The summed E-state index contributed by atoms with van der Waals surface area (Å²) in [7, 11) is -3.46. The van der Waals surface area contributed by atoms with E-state index in [1.165, 1.54) is 4.90 Å². The number of fused-ring (bicyclic) bond motifs is 2. The van der Waals surface area contributed by atoms with E-state index in [0.29, 0.717) is 30.7 Å². The van der Waals surface area contributed by atoms with Gasteiger partial charge in [0.25, 0.3) is 16.0 Å². The maximum absolute atomic E-state index is 14.6. The molecule has 4 fully saturated rings. The number of aromatic amines is 1. The molecule has 2 saturated carbocycles. The summed E-state index contributed by atoms with van der Waals surface area (Å²) in [5.74, 6) is -2.35. The Kier molecular flexibility index (Phi) is 9.72. The zero-order chi connectivity index (χ0) is 35.2. The lowest BCUT2D eigenvalue weighted by Crippen LogP contribution is -2.60. The summed E-state index contributed by atoms with van der Waals surface area (Å²) in [6.45, 7) is 4.75. The number of nitrogens with one attached hydrogen (secondary N) is 4. The summed E-state index contributed by atoms with van der Waals surface area (Å²) in [6, 6.07) is 3.69. The molecule has 0 spiro atoms. The van der Waals surface area contributed by atoms with Crippen LogP contribution >= 0.6 is 0 Å². The van der Waals surface area contributed by atoms with Crippen LogP contribution in [0.25, 0.3) is 10.9 Å². The van der Waals surface area contributed by atoms with E-state index in [0.717, 1.165) is 37.5 Å². The Labute approximate surface area is 285 Å². The fraction of sp³-hybridized carbons (Fsp3) is 0.647. The lowest BCUT2D eigenvalue weighted by molar-refractivity contribution is -0.143. The van der Waals surface area contributed by atoms with Crippen molar-refractivity contribution in [1.82, 2.24) is 25.8 Å². The number of likely N-dealkylation sites (tertiary alicyclic amines) is 1. The zero-order valence-electron chi connectivity index (χ0n) is 28.1. The van der Waals surface area contributed by atoms with Crippen molar-refractivity contribution >= 4 is 44.6 Å². The Balaban J connectivity index is 1.26. The number of aliphatic hydroxyl groups is 1. The maximum Gasteiger partial charge on any atom is 0.294 e. The normalized spacial score (nSPS) is 27.0. The fourth-order valence-corrected chi connectivity index (χ4v) is 9.17. The van der Waals surface area contributed by atoms with Gasteiger partial charge in [-0.15, -0.1) is 0 Å². The number of carbonyl (C=O) groups is 4. The van der Waals surface area contributed by atoms with Crippen molar-refractivity contribution in [2.45, 2.75) is 88.8 Å². The molecule has 2 aromatic rings. The molecule has 2 saturated heterocycles. The topological polar surface area (TPSA) is 207 Å².